The van der Waals surface area contributed by atoms with Crippen LogP contribution in [-0.4, -0.2) is 11.6 Å². The molecular weight excluding hydrogens is 210 g/mol. The number of hydrogen-bond donors (Lipinski definition) is 1. The van der Waals surface area contributed by atoms with Crippen molar-refractivity contribution in [1.82, 2.24) is 5.32 Å². The van der Waals surface area contributed by atoms with E-state index in [0.29, 0.717) is 17.8 Å². The summed E-state index contributed by atoms with van der Waals surface area (Å²) in [6, 6.07) is 0.395. The van der Waals surface area contributed by atoms with E-state index in [2.05, 4.69) is 39.6 Å². The Hall–Kier alpha value is -0.660. The van der Waals surface area contributed by atoms with Crippen LogP contribution in [0.4, 0.5) is 0 Å². The van der Waals surface area contributed by atoms with E-state index >= 15 is 0 Å². The van der Waals surface area contributed by atoms with Crippen molar-refractivity contribution >= 4 is 0 Å². The smallest absolute Gasteiger partial charge is 0.180 e. The molecule has 3 unspecified atom stereocenters. The number of rotatable bonds is 7. The van der Waals surface area contributed by atoms with Gasteiger partial charge in [0.15, 0.2) is 5.88 Å². The zero-order chi connectivity index (χ0) is 13.6. The standard InChI is InChI=1S/C15H31NO/c1-9-10-11(2)12(3)13(4)16-14(5)17-15(6,7)8/h11-13,16H,5,9-10H2,1-4,6-8H3. The predicted molar refractivity (Wildman–Crippen MR) is 75.8 cm³/mol. The van der Waals surface area contributed by atoms with Crippen molar-refractivity contribution in [3.63, 3.8) is 0 Å². The molecule has 0 aromatic rings. The second-order valence-electron chi connectivity index (χ2n) is 6.20. The fraction of sp³-hybridized carbons (Fsp3) is 0.867. The van der Waals surface area contributed by atoms with Crippen LogP contribution in [-0.2, 0) is 4.74 Å². The van der Waals surface area contributed by atoms with Crippen molar-refractivity contribution in [2.75, 3.05) is 0 Å². The van der Waals surface area contributed by atoms with Gasteiger partial charge in [-0.3, -0.25) is 0 Å². The van der Waals surface area contributed by atoms with Crippen LogP contribution in [0.15, 0.2) is 12.5 Å². The predicted octanol–water partition coefficient (Wildman–Crippen LogP) is 4.32. The SMILES string of the molecule is C=C(NC(C)C(C)C(C)CCC)OC(C)(C)C. The Morgan fingerprint density at radius 1 is 1.24 bits per heavy atom. The van der Waals surface area contributed by atoms with Crippen molar-refractivity contribution in [3.8, 4) is 0 Å². The van der Waals surface area contributed by atoms with Crippen molar-refractivity contribution in [1.29, 1.82) is 0 Å². The van der Waals surface area contributed by atoms with Crippen LogP contribution in [0.1, 0.15) is 61.3 Å². The molecule has 0 aromatic heterocycles. The number of nitrogens with one attached hydrogen (secondary N) is 1. The highest BCUT2D eigenvalue weighted by Crippen LogP contribution is 2.21. The summed E-state index contributed by atoms with van der Waals surface area (Å²) in [5, 5.41) is 3.36. The average molecular weight is 241 g/mol. The minimum absolute atomic E-state index is 0.178. The molecule has 0 heterocycles. The van der Waals surface area contributed by atoms with Crippen LogP contribution in [0.2, 0.25) is 0 Å². The molecule has 0 aliphatic carbocycles. The lowest BCUT2D eigenvalue weighted by Gasteiger charge is -2.30. The minimum Gasteiger partial charge on any atom is -0.474 e. The normalized spacial score (nSPS) is 17.1. The molecule has 0 aliphatic heterocycles. The first-order valence-electron chi connectivity index (χ1n) is 6.81. The van der Waals surface area contributed by atoms with Crippen LogP contribution in [0.5, 0.6) is 0 Å². The third-order valence-corrected chi connectivity index (χ3v) is 3.25. The van der Waals surface area contributed by atoms with E-state index in [1.54, 1.807) is 0 Å². The first kappa shape index (κ1) is 16.3. The van der Waals surface area contributed by atoms with Gasteiger partial charge in [0.05, 0.1) is 0 Å². The van der Waals surface area contributed by atoms with Crippen molar-refractivity contribution in [2.24, 2.45) is 11.8 Å². The highest BCUT2D eigenvalue weighted by atomic mass is 16.5. The summed E-state index contributed by atoms with van der Waals surface area (Å²) < 4.78 is 5.69. The van der Waals surface area contributed by atoms with Gasteiger partial charge in [0.25, 0.3) is 0 Å². The molecule has 0 amide bonds. The Bertz CT molecular complexity index is 230. The van der Waals surface area contributed by atoms with Crippen LogP contribution < -0.4 is 5.32 Å². The monoisotopic (exact) mass is 241 g/mol. The maximum atomic E-state index is 5.69. The first-order chi connectivity index (χ1) is 7.67. The van der Waals surface area contributed by atoms with Gasteiger partial charge in [-0.15, -0.1) is 0 Å². The van der Waals surface area contributed by atoms with Crippen LogP contribution >= 0.6 is 0 Å². The van der Waals surface area contributed by atoms with Gasteiger partial charge in [-0.05, 0) is 46.1 Å². The lowest BCUT2D eigenvalue weighted by atomic mass is 9.87. The molecule has 0 spiro atoms. The molecular formula is C15H31NO. The molecule has 0 aromatic carbocycles. The van der Waals surface area contributed by atoms with Crippen molar-refractivity contribution in [3.05, 3.63) is 12.5 Å². The molecule has 0 aliphatic rings. The number of ether oxygens (including phenoxy) is 1. The summed E-state index contributed by atoms with van der Waals surface area (Å²) in [7, 11) is 0. The molecule has 1 N–H and O–H groups in total. The van der Waals surface area contributed by atoms with Crippen LogP contribution in [0.3, 0.4) is 0 Å². The molecule has 0 fully saturated rings. The Balaban J connectivity index is 4.16. The summed E-state index contributed by atoms with van der Waals surface area (Å²) in [4.78, 5) is 0. The van der Waals surface area contributed by atoms with Gasteiger partial charge in [-0.1, -0.05) is 33.6 Å². The lowest BCUT2D eigenvalue weighted by Crippen LogP contribution is -2.37. The van der Waals surface area contributed by atoms with Gasteiger partial charge < -0.3 is 10.1 Å². The highest BCUT2D eigenvalue weighted by Gasteiger charge is 2.20. The van der Waals surface area contributed by atoms with E-state index < -0.39 is 0 Å². The largest absolute Gasteiger partial charge is 0.474 e. The number of hydrogen-bond acceptors (Lipinski definition) is 2. The maximum Gasteiger partial charge on any atom is 0.180 e. The van der Waals surface area contributed by atoms with Crippen molar-refractivity contribution < 1.29 is 4.74 Å². The van der Waals surface area contributed by atoms with Gasteiger partial charge in [0, 0.05) is 6.04 Å². The van der Waals surface area contributed by atoms with Crippen LogP contribution in [0.25, 0.3) is 0 Å². The second kappa shape index (κ2) is 6.93. The molecule has 2 nitrogen and oxygen atoms in total. The van der Waals surface area contributed by atoms with Gasteiger partial charge >= 0.3 is 0 Å². The summed E-state index contributed by atoms with van der Waals surface area (Å²) in [6.07, 6.45) is 2.53. The van der Waals surface area contributed by atoms with Gasteiger partial charge in [0.2, 0.25) is 0 Å². The van der Waals surface area contributed by atoms with E-state index in [1.807, 2.05) is 20.8 Å². The van der Waals surface area contributed by atoms with Gasteiger partial charge in [0.1, 0.15) is 5.60 Å². The topological polar surface area (TPSA) is 21.3 Å². The fourth-order valence-corrected chi connectivity index (χ4v) is 2.00. The summed E-state index contributed by atoms with van der Waals surface area (Å²) >= 11 is 0. The maximum absolute atomic E-state index is 5.69. The molecule has 0 radical (unpaired) electrons. The molecule has 17 heavy (non-hydrogen) atoms. The Morgan fingerprint density at radius 2 is 1.76 bits per heavy atom. The molecule has 2 heteroatoms. The third kappa shape index (κ3) is 7.30. The summed E-state index contributed by atoms with van der Waals surface area (Å²) in [5.41, 5.74) is -0.178. The van der Waals surface area contributed by atoms with Gasteiger partial charge in [-0.2, -0.15) is 0 Å². The zero-order valence-electron chi connectivity index (χ0n) is 12.8. The van der Waals surface area contributed by atoms with E-state index in [-0.39, 0.29) is 5.60 Å². The second-order valence-corrected chi connectivity index (χ2v) is 6.20. The highest BCUT2D eigenvalue weighted by molar-refractivity contribution is 4.88. The lowest BCUT2D eigenvalue weighted by molar-refractivity contribution is 0.0358. The van der Waals surface area contributed by atoms with E-state index in [9.17, 15) is 0 Å². The fourth-order valence-electron chi connectivity index (χ4n) is 2.00. The summed E-state index contributed by atoms with van der Waals surface area (Å²) in [5.74, 6) is 2.03. The Kier molecular flexibility index (Phi) is 6.66. The molecule has 0 saturated carbocycles. The molecule has 102 valence electrons. The molecule has 0 saturated heterocycles. The summed E-state index contributed by atoms with van der Waals surface area (Å²) in [6.45, 7) is 19.1. The molecule has 0 bridgehead atoms. The van der Waals surface area contributed by atoms with Gasteiger partial charge in [-0.25, -0.2) is 0 Å². The van der Waals surface area contributed by atoms with E-state index in [0.717, 1.165) is 5.92 Å². The van der Waals surface area contributed by atoms with E-state index in [4.69, 9.17) is 4.74 Å². The quantitative estimate of drug-likeness (QED) is 0.670. The minimum atomic E-state index is -0.178. The molecule has 0 rings (SSSR count). The zero-order valence-corrected chi connectivity index (χ0v) is 12.8. The molecule has 3 atom stereocenters. The first-order valence-corrected chi connectivity index (χ1v) is 6.81. The van der Waals surface area contributed by atoms with E-state index in [1.165, 1.54) is 12.8 Å². The van der Waals surface area contributed by atoms with Crippen LogP contribution in [0, 0.1) is 11.8 Å². The average Bonchev–Trinajstić information content (AvgIpc) is 2.13. The van der Waals surface area contributed by atoms with Crippen molar-refractivity contribution in [2.45, 2.75) is 73.0 Å². The Morgan fingerprint density at radius 3 is 2.18 bits per heavy atom. The Labute approximate surface area is 108 Å². The third-order valence-electron chi connectivity index (χ3n) is 3.25.